The van der Waals surface area contributed by atoms with Crippen molar-refractivity contribution in [2.75, 3.05) is 13.1 Å². The molecule has 6 nitrogen and oxygen atoms in total. The van der Waals surface area contributed by atoms with Crippen LogP contribution in [0.25, 0.3) is 0 Å². The van der Waals surface area contributed by atoms with Gasteiger partial charge in [0.05, 0.1) is 0 Å². The summed E-state index contributed by atoms with van der Waals surface area (Å²) < 4.78 is 0. The fourth-order valence-electron chi connectivity index (χ4n) is 1.91. The zero-order chi connectivity index (χ0) is 16.7. The van der Waals surface area contributed by atoms with Gasteiger partial charge >= 0.3 is 0 Å². The number of nitrogens with one attached hydrogen (secondary N) is 2. The van der Waals surface area contributed by atoms with Gasteiger partial charge in [-0.05, 0) is 29.7 Å². The molecule has 2 aromatic rings. The Bertz CT molecular complexity index is 599. The first-order chi connectivity index (χ1) is 11.0. The number of hydrogen-bond acceptors (Lipinski definition) is 4. The van der Waals surface area contributed by atoms with Crippen molar-refractivity contribution >= 4 is 11.8 Å². The molecule has 2 heterocycles. The predicted molar refractivity (Wildman–Crippen MR) is 86.9 cm³/mol. The number of carbonyl (C=O) groups excluding carboxylic acids is 2. The van der Waals surface area contributed by atoms with Gasteiger partial charge in [0.15, 0.2) is 0 Å². The molecule has 2 aromatic heterocycles. The Morgan fingerprint density at radius 3 is 1.52 bits per heavy atom. The second kappa shape index (κ2) is 7.49. The molecule has 0 fully saturated rings. The first-order valence-electron chi connectivity index (χ1n) is 7.34. The number of amides is 2. The van der Waals surface area contributed by atoms with Gasteiger partial charge in [0.25, 0.3) is 11.8 Å². The van der Waals surface area contributed by atoms with E-state index in [0.717, 1.165) is 0 Å². The molecule has 120 valence electrons. The lowest BCUT2D eigenvalue weighted by atomic mass is 9.93. The van der Waals surface area contributed by atoms with Crippen molar-refractivity contribution in [3.63, 3.8) is 0 Å². The molecule has 2 rings (SSSR count). The third-order valence-electron chi connectivity index (χ3n) is 3.34. The molecular formula is C17H20N4O2. The summed E-state index contributed by atoms with van der Waals surface area (Å²) in [5.74, 6) is -0.304. The quantitative estimate of drug-likeness (QED) is 0.849. The van der Waals surface area contributed by atoms with Crippen LogP contribution in [-0.4, -0.2) is 34.9 Å². The SMILES string of the molecule is CC(C)(CNC(=O)c1ccncc1)CNC(=O)c1ccncc1. The predicted octanol–water partition coefficient (Wildman–Crippen LogP) is 1.66. The van der Waals surface area contributed by atoms with E-state index in [1.54, 1.807) is 49.1 Å². The van der Waals surface area contributed by atoms with Crippen LogP contribution in [0.3, 0.4) is 0 Å². The standard InChI is InChI=1S/C17H20N4O2/c1-17(2,11-20-15(22)13-3-7-18-8-4-13)12-21-16(23)14-5-9-19-10-6-14/h3-10H,11-12H2,1-2H3,(H,20,22)(H,21,23). The van der Waals surface area contributed by atoms with Crippen molar-refractivity contribution in [3.05, 3.63) is 60.2 Å². The van der Waals surface area contributed by atoms with Crippen LogP contribution in [0.1, 0.15) is 34.6 Å². The molecule has 0 radical (unpaired) electrons. The lowest BCUT2D eigenvalue weighted by Gasteiger charge is -2.25. The molecule has 0 saturated carbocycles. The first-order valence-corrected chi connectivity index (χ1v) is 7.34. The summed E-state index contributed by atoms with van der Waals surface area (Å²) in [7, 11) is 0. The highest BCUT2D eigenvalue weighted by Gasteiger charge is 2.20. The number of nitrogens with zero attached hydrogens (tertiary/aromatic N) is 2. The van der Waals surface area contributed by atoms with E-state index in [1.807, 2.05) is 13.8 Å². The van der Waals surface area contributed by atoms with Gasteiger partial charge in [-0.25, -0.2) is 0 Å². The van der Waals surface area contributed by atoms with Crippen LogP contribution >= 0.6 is 0 Å². The monoisotopic (exact) mass is 312 g/mol. The van der Waals surface area contributed by atoms with E-state index in [4.69, 9.17) is 0 Å². The number of aromatic nitrogens is 2. The van der Waals surface area contributed by atoms with Crippen molar-refractivity contribution < 1.29 is 9.59 Å². The minimum Gasteiger partial charge on any atom is -0.351 e. The molecule has 23 heavy (non-hydrogen) atoms. The fourth-order valence-corrected chi connectivity index (χ4v) is 1.91. The van der Waals surface area contributed by atoms with E-state index < -0.39 is 0 Å². The maximum atomic E-state index is 12.0. The van der Waals surface area contributed by atoms with Gasteiger partial charge in [-0.3, -0.25) is 19.6 Å². The molecule has 2 amide bonds. The number of hydrogen-bond donors (Lipinski definition) is 2. The second-order valence-corrected chi connectivity index (χ2v) is 6.00. The average Bonchev–Trinajstić information content (AvgIpc) is 2.59. The highest BCUT2D eigenvalue weighted by Crippen LogP contribution is 2.12. The number of carbonyl (C=O) groups is 2. The minimum absolute atomic E-state index is 0.152. The minimum atomic E-state index is -0.272. The summed E-state index contributed by atoms with van der Waals surface area (Å²) in [6, 6.07) is 6.64. The van der Waals surface area contributed by atoms with Gasteiger partial charge in [-0.15, -0.1) is 0 Å². The van der Waals surface area contributed by atoms with E-state index in [1.165, 1.54) is 0 Å². The smallest absolute Gasteiger partial charge is 0.251 e. The highest BCUT2D eigenvalue weighted by molar-refractivity contribution is 5.94. The molecule has 0 aliphatic carbocycles. The summed E-state index contributed by atoms with van der Waals surface area (Å²) in [4.78, 5) is 31.8. The summed E-state index contributed by atoms with van der Waals surface area (Å²) in [6.07, 6.45) is 6.31. The van der Waals surface area contributed by atoms with E-state index in [0.29, 0.717) is 24.2 Å². The van der Waals surface area contributed by atoms with Crippen molar-refractivity contribution in [2.45, 2.75) is 13.8 Å². The normalized spacial score (nSPS) is 10.9. The Morgan fingerprint density at radius 2 is 1.17 bits per heavy atom. The molecule has 0 aromatic carbocycles. The fraction of sp³-hybridized carbons (Fsp3) is 0.294. The lowest BCUT2D eigenvalue weighted by molar-refractivity contribution is 0.0920. The third kappa shape index (κ3) is 5.18. The molecular weight excluding hydrogens is 292 g/mol. The Morgan fingerprint density at radius 1 is 0.826 bits per heavy atom. The van der Waals surface area contributed by atoms with Crippen LogP contribution in [0.15, 0.2) is 49.1 Å². The largest absolute Gasteiger partial charge is 0.351 e. The maximum absolute atomic E-state index is 12.0. The molecule has 0 aliphatic rings. The van der Waals surface area contributed by atoms with Gasteiger partial charge in [0.1, 0.15) is 0 Å². The zero-order valence-corrected chi connectivity index (χ0v) is 13.2. The number of pyridine rings is 2. The summed E-state index contributed by atoms with van der Waals surface area (Å²) in [5, 5.41) is 5.75. The molecule has 0 unspecified atom stereocenters. The zero-order valence-electron chi connectivity index (χ0n) is 13.2. The van der Waals surface area contributed by atoms with Crippen LogP contribution < -0.4 is 10.6 Å². The van der Waals surface area contributed by atoms with Crippen molar-refractivity contribution in [2.24, 2.45) is 5.41 Å². The molecule has 0 saturated heterocycles. The van der Waals surface area contributed by atoms with Crippen LogP contribution in [0, 0.1) is 5.41 Å². The van der Waals surface area contributed by atoms with Gasteiger partial charge in [0, 0.05) is 49.0 Å². The summed E-state index contributed by atoms with van der Waals surface area (Å²) in [6.45, 7) is 4.86. The highest BCUT2D eigenvalue weighted by atomic mass is 16.2. The Hall–Kier alpha value is -2.76. The van der Waals surface area contributed by atoms with E-state index >= 15 is 0 Å². The van der Waals surface area contributed by atoms with Crippen LogP contribution in [0.2, 0.25) is 0 Å². The van der Waals surface area contributed by atoms with Crippen LogP contribution in [-0.2, 0) is 0 Å². The van der Waals surface area contributed by atoms with Gasteiger partial charge in [-0.1, -0.05) is 13.8 Å². The van der Waals surface area contributed by atoms with Crippen molar-refractivity contribution in [1.29, 1.82) is 0 Å². The Labute approximate surface area is 135 Å². The topological polar surface area (TPSA) is 84.0 Å². The van der Waals surface area contributed by atoms with E-state index in [-0.39, 0.29) is 17.2 Å². The second-order valence-electron chi connectivity index (χ2n) is 6.00. The molecule has 0 aliphatic heterocycles. The Balaban J connectivity index is 1.82. The van der Waals surface area contributed by atoms with Crippen LogP contribution in [0.4, 0.5) is 0 Å². The van der Waals surface area contributed by atoms with Crippen molar-refractivity contribution in [1.82, 2.24) is 20.6 Å². The molecule has 0 atom stereocenters. The van der Waals surface area contributed by atoms with Gasteiger partial charge in [0.2, 0.25) is 0 Å². The molecule has 0 bridgehead atoms. The third-order valence-corrected chi connectivity index (χ3v) is 3.34. The lowest BCUT2D eigenvalue weighted by Crippen LogP contribution is -2.42. The molecule has 0 spiro atoms. The van der Waals surface area contributed by atoms with E-state index in [9.17, 15) is 9.59 Å². The number of rotatable bonds is 6. The molecule has 2 N–H and O–H groups in total. The Kier molecular flexibility index (Phi) is 5.41. The van der Waals surface area contributed by atoms with Gasteiger partial charge in [-0.2, -0.15) is 0 Å². The first kappa shape index (κ1) is 16.6. The van der Waals surface area contributed by atoms with Crippen molar-refractivity contribution in [3.8, 4) is 0 Å². The summed E-state index contributed by atoms with van der Waals surface area (Å²) >= 11 is 0. The van der Waals surface area contributed by atoms with Gasteiger partial charge < -0.3 is 10.6 Å². The average molecular weight is 312 g/mol. The van der Waals surface area contributed by atoms with E-state index in [2.05, 4.69) is 20.6 Å². The van der Waals surface area contributed by atoms with Crippen LogP contribution in [0.5, 0.6) is 0 Å². The molecule has 6 heteroatoms. The maximum Gasteiger partial charge on any atom is 0.251 e. The summed E-state index contributed by atoms with van der Waals surface area (Å²) in [5.41, 5.74) is 0.860.